The van der Waals surface area contributed by atoms with E-state index in [1.807, 2.05) is 0 Å². The van der Waals surface area contributed by atoms with Crippen LogP contribution in [-0.2, 0) is 9.53 Å². The van der Waals surface area contributed by atoms with E-state index in [1.54, 1.807) is 6.33 Å². The van der Waals surface area contributed by atoms with Crippen LogP contribution in [0.3, 0.4) is 0 Å². The Morgan fingerprint density at radius 3 is 2.66 bits per heavy atom. The molecule has 160 valence electrons. The highest BCUT2D eigenvalue weighted by Crippen LogP contribution is 2.27. The van der Waals surface area contributed by atoms with Crippen LogP contribution >= 0.6 is 0 Å². The van der Waals surface area contributed by atoms with E-state index in [-0.39, 0.29) is 5.91 Å². The summed E-state index contributed by atoms with van der Waals surface area (Å²) in [6.45, 7) is 7.22. The Hall–Kier alpha value is -1.93. The molecule has 0 atom stereocenters. The van der Waals surface area contributed by atoms with E-state index < -0.39 is 0 Å². The van der Waals surface area contributed by atoms with Crippen molar-refractivity contribution in [3.63, 3.8) is 0 Å². The zero-order valence-corrected chi connectivity index (χ0v) is 17.3. The van der Waals surface area contributed by atoms with E-state index in [2.05, 4.69) is 36.5 Å². The van der Waals surface area contributed by atoms with Crippen molar-refractivity contribution in [2.24, 2.45) is 5.92 Å². The highest BCUT2D eigenvalue weighted by atomic mass is 16.5. The maximum absolute atomic E-state index is 12.2. The molecule has 1 aliphatic carbocycles. The summed E-state index contributed by atoms with van der Waals surface area (Å²) in [6, 6.07) is 2.67. The van der Waals surface area contributed by atoms with Crippen LogP contribution in [0.15, 0.2) is 12.4 Å². The standard InChI is InChI=1S/C21H34N6O2/c28-21(22-7-10-26-11-13-29-14-12-26)4-1-17-5-8-27(9-6-17)20-15-19(23-16-24-20)25-18-2-3-18/h15-18H,1-14H2,(H,22,28)(H,23,24,25). The number of hydrogen-bond acceptors (Lipinski definition) is 7. The molecule has 2 saturated heterocycles. The first kappa shape index (κ1) is 20.3. The molecule has 8 heteroatoms. The van der Waals surface area contributed by atoms with Crippen LogP contribution in [0.25, 0.3) is 0 Å². The lowest BCUT2D eigenvalue weighted by Gasteiger charge is -2.32. The average Bonchev–Trinajstić information content (AvgIpc) is 3.58. The summed E-state index contributed by atoms with van der Waals surface area (Å²) in [7, 11) is 0. The number of ether oxygens (including phenoxy) is 1. The van der Waals surface area contributed by atoms with Gasteiger partial charge in [-0.15, -0.1) is 0 Å². The van der Waals surface area contributed by atoms with Gasteiger partial charge in [-0.25, -0.2) is 9.97 Å². The Morgan fingerprint density at radius 2 is 1.90 bits per heavy atom. The first-order valence-electron chi connectivity index (χ1n) is 11.2. The van der Waals surface area contributed by atoms with E-state index in [4.69, 9.17) is 4.74 Å². The molecule has 3 fully saturated rings. The highest BCUT2D eigenvalue weighted by molar-refractivity contribution is 5.75. The minimum Gasteiger partial charge on any atom is -0.379 e. The third-order valence-electron chi connectivity index (χ3n) is 6.15. The molecule has 0 radical (unpaired) electrons. The highest BCUT2D eigenvalue weighted by Gasteiger charge is 2.23. The second kappa shape index (κ2) is 10.2. The van der Waals surface area contributed by atoms with E-state index in [0.29, 0.717) is 18.4 Å². The summed E-state index contributed by atoms with van der Waals surface area (Å²) in [5.74, 6) is 2.77. The Morgan fingerprint density at radius 1 is 1.10 bits per heavy atom. The Labute approximate surface area is 173 Å². The van der Waals surface area contributed by atoms with Gasteiger partial charge in [-0.2, -0.15) is 0 Å². The molecule has 1 aromatic rings. The quantitative estimate of drug-likeness (QED) is 0.648. The zero-order valence-electron chi connectivity index (χ0n) is 17.3. The van der Waals surface area contributed by atoms with Crippen LogP contribution in [0.2, 0.25) is 0 Å². The first-order valence-corrected chi connectivity index (χ1v) is 11.2. The van der Waals surface area contributed by atoms with Gasteiger partial charge in [0.15, 0.2) is 0 Å². The molecule has 1 aromatic heterocycles. The number of nitrogens with one attached hydrogen (secondary N) is 2. The normalized spacial score (nSPS) is 21.2. The van der Waals surface area contributed by atoms with Gasteiger partial charge in [0.2, 0.25) is 5.91 Å². The predicted octanol–water partition coefficient (Wildman–Crippen LogP) is 1.50. The van der Waals surface area contributed by atoms with Crippen LogP contribution in [0.4, 0.5) is 11.6 Å². The van der Waals surface area contributed by atoms with Gasteiger partial charge in [-0.05, 0) is 38.0 Å². The number of nitrogens with zero attached hydrogens (tertiary/aromatic N) is 4. The molecule has 0 aromatic carbocycles. The van der Waals surface area contributed by atoms with Gasteiger partial charge in [-0.1, -0.05) is 0 Å². The molecule has 3 aliphatic rings. The molecule has 1 amide bonds. The van der Waals surface area contributed by atoms with Gasteiger partial charge in [0, 0.05) is 57.8 Å². The molecule has 4 rings (SSSR count). The van der Waals surface area contributed by atoms with Gasteiger partial charge < -0.3 is 20.3 Å². The number of carbonyl (C=O) groups is 1. The molecule has 0 spiro atoms. The summed E-state index contributed by atoms with van der Waals surface area (Å²) < 4.78 is 5.35. The van der Waals surface area contributed by atoms with Crippen molar-refractivity contribution in [1.82, 2.24) is 20.2 Å². The van der Waals surface area contributed by atoms with Gasteiger partial charge in [0.25, 0.3) is 0 Å². The van der Waals surface area contributed by atoms with Crippen molar-refractivity contribution in [3.05, 3.63) is 12.4 Å². The summed E-state index contributed by atoms with van der Waals surface area (Å²) in [6.07, 6.45) is 8.00. The Kier molecular flexibility index (Phi) is 7.16. The monoisotopic (exact) mass is 402 g/mol. The summed E-state index contributed by atoms with van der Waals surface area (Å²) in [5.41, 5.74) is 0. The first-order chi connectivity index (χ1) is 14.3. The van der Waals surface area contributed by atoms with Crippen LogP contribution in [-0.4, -0.2) is 79.3 Å². The van der Waals surface area contributed by atoms with E-state index in [1.165, 1.54) is 12.8 Å². The lowest BCUT2D eigenvalue weighted by atomic mass is 9.92. The van der Waals surface area contributed by atoms with Crippen LogP contribution in [0.5, 0.6) is 0 Å². The molecule has 8 nitrogen and oxygen atoms in total. The lowest BCUT2D eigenvalue weighted by Crippen LogP contribution is -2.41. The molecule has 2 aliphatic heterocycles. The maximum atomic E-state index is 12.2. The number of rotatable bonds is 9. The number of aromatic nitrogens is 2. The van der Waals surface area contributed by atoms with Crippen LogP contribution in [0.1, 0.15) is 38.5 Å². The van der Waals surface area contributed by atoms with Gasteiger partial charge >= 0.3 is 0 Å². The molecule has 0 bridgehead atoms. The third-order valence-corrected chi connectivity index (χ3v) is 6.15. The van der Waals surface area contributed by atoms with Crippen LogP contribution < -0.4 is 15.5 Å². The van der Waals surface area contributed by atoms with Gasteiger partial charge in [0.05, 0.1) is 13.2 Å². The number of carbonyl (C=O) groups excluding carboxylic acids is 1. The molecule has 0 unspecified atom stereocenters. The van der Waals surface area contributed by atoms with Crippen molar-refractivity contribution in [3.8, 4) is 0 Å². The van der Waals surface area contributed by atoms with Crippen molar-refractivity contribution < 1.29 is 9.53 Å². The van der Waals surface area contributed by atoms with E-state index >= 15 is 0 Å². The molecular weight excluding hydrogens is 368 g/mol. The number of piperidine rings is 1. The predicted molar refractivity (Wildman–Crippen MR) is 113 cm³/mol. The topological polar surface area (TPSA) is 82.6 Å². The second-order valence-corrected chi connectivity index (χ2v) is 8.45. The number of anilines is 2. The SMILES string of the molecule is O=C(CCC1CCN(c2cc(NC3CC3)ncn2)CC1)NCCN1CCOCC1. The summed E-state index contributed by atoms with van der Waals surface area (Å²) in [5, 5.41) is 6.52. The average molecular weight is 403 g/mol. The smallest absolute Gasteiger partial charge is 0.220 e. The lowest BCUT2D eigenvalue weighted by molar-refractivity contribution is -0.121. The fourth-order valence-electron chi connectivity index (χ4n) is 4.09. The Balaban J connectivity index is 1.11. The molecule has 3 heterocycles. The maximum Gasteiger partial charge on any atom is 0.220 e. The minimum atomic E-state index is 0.187. The number of morpholine rings is 1. The van der Waals surface area contributed by atoms with Crippen LogP contribution in [0, 0.1) is 5.92 Å². The molecular formula is C21H34N6O2. The Bertz CT molecular complexity index is 654. The largest absolute Gasteiger partial charge is 0.379 e. The van der Waals surface area contributed by atoms with E-state index in [9.17, 15) is 4.79 Å². The van der Waals surface area contributed by atoms with Gasteiger partial charge in [-0.3, -0.25) is 9.69 Å². The molecule has 2 N–H and O–H groups in total. The fourth-order valence-corrected chi connectivity index (χ4v) is 4.09. The number of amides is 1. The van der Waals surface area contributed by atoms with Crippen molar-refractivity contribution in [2.75, 3.05) is 62.7 Å². The van der Waals surface area contributed by atoms with E-state index in [0.717, 1.165) is 83.4 Å². The summed E-state index contributed by atoms with van der Waals surface area (Å²) in [4.78, 5) is 25.6. The van der Waals surface area contributed by atoms with Crippen molar-refractivity contribution in [1.29, 1.82) is 0 Å². The third kappa shape index (κ3) is 6.54. The number of hydrogen-bond donors (Lipinski definition) is 2. The summed E-state index contributed by atoms with van der Waals surface area (Å²) >= 11 is 0. The van der Waals surface area contributed by atoms with Gasteiger partial charge in [0.1, 0.15) is 18.0 Å². The zero-order chi connectivity index (χ0) is 19.9. The van der Waals surface area contributed by atoms with Crippen molar-refractivity contribution in [2.45, 2.75) is 44.6 Å². The second-order valence-electron chi connectivity index (χ2n) is 8.45. The minimum absolute atomic E-state index is 0.187. The fraction of sp³-hybridized carbons (Fsp3) is 0.762. The van der Waals surface area contributed by atoms with Crippen molar-refractivity contribution >= 4 is 17.5 Å². The molecule has 29 heavy (non-hydrogen) atoms. The molecule has 1 saturated carbocycles.